The summed E-state index contributed by atoms with van der Waals surface area (Å²) in [5, 5.41) is 5.92. The first-order chi connectivity index (χ1) is 9.72. The number of amides is 1. The van der Waals surface area contributed by atoms with Gasteiger partial charge in [0.1, 0.15) is 0 Å². The molecule has 2 rings (SSSR count). The van der Waals surface area contributed by atoms with Crippen LogP contribution in [-0.2, 0) is 6.54 Å². The lowest BCUT2D eigenvalue weighted by atomic mass is 10.1. The van der Waals surface area contributed by atoms with E-state index >= 15 is 0 Å². The van der Waals surface area contributed by atoms with Gasteiger partial charge in [-0.15, -0.1) is 0 Å². The summed E-state index contributed by atoms with van der Waals surface area (Å²) in [6.07, 6.45) is 2.42. The summed E-state index contributed by atoms with van der Waals surface area (Å²) in [5.74, 6) is -1.11. The predicted octanol–water partition coefficient (Wildman–Crippen LogP) is 2.58. The molecule has 0 bridgehead atoms. The molecule has 2 N–H and O–H groups in total. The highest BCUT2D eigenvalue weighted by atomic mass is 19.1. The zero-order valence-corrected chi connectivity index (χ0v) is 11.2. The van der Waals surface area contributed by atoms with E-state index in [1.165, 1.54) is 12.3 Å². The van der Waals surface area contributed by atoms with E-state index < -0.39 is 11.7 Å². The maximum atomic E-state index is 13.5. The lowest BCUT2D eigenvalue weighted by molar-refractivity contribution is 0.102. The Morgan fingerprint density at radius 3 is 2.85 bits per heavy atom. The van der Waals surface area contributed by atoms with E-state index in [-0.39, 0.29) is 5.56 Å². The second-order valence-electron chi connectivity index (χ2n) is 4.25. The van der Waals surface area contributed by atoms with Crippen molar-refractivity contribution in [1.82, 2.24) is 10.3 Å². The molecule has 0 aliphatic carbocycles. The van der Waals surface area contributed by atoms with Crippen molar-refractivity contribution in [1.29, 1.82) is 0 Å². The molecule has 0 atom stereocenters. The number of pyridine rings is 1. The van der Waals surface area contributed by atoms with Gasteiger partial charge >= 0.3 is 0 Å². The molecule has 1 aromatic heterocycles. The van der Waals surface area contributed by atoms with Crippen molar-refractivity contribution in [3.63, 3.8) is 0 Å². The minimum Gasteiger partial charge on any atom is -0.322 e. The van der Waals surface area contributed by atoms with Crippen LogP contribution in [-0.4, -0.2) is 17.4 Å². The van der Waals surface area contributed by atoms with E-state index in [0.29, 0.717) is 12.2 Å². The van der Waals surface area contributed by atoms with Gasteiger partial charge in [-0.3, -0.25) is 9.78 Å². The van der Waals surface area contributed by atoms with Gasteiger partial charge in [0.15, 0.2) is 5.82 Å². The molecule has 1 aromatic carbocycles. The quantitative estimate of drug-likeness (QED) is 0.880. The van der Waals surface area contributed by atoms with Crippen LogP contribution in [0.4, 0.5) is 10.1 Å². The SMILES string of the molecule is CCNCc1ccccc1NC(=O)c1ccncc1F. The summed E-state index contributed by atoms with van der Waals surface area (Å²) in [5.41, 5.74) is 1.62. The van der Waals surface area contributed by atoms with Crippen molar-refractivity contribution >= 4 is 11.6 Å². The Balaban J connectivity index is 2.18. The van der Waals surface area contributed by atoms with Crippen LogP contribution in [0.25, 0.3) is 0 Å². The van der Waals surface area contributed by atoms with Gasteiger partial charge < -0.3 is 10.6 Å². The molecule has 0 saturated carbocycles. The fourth-order valence-corrected chi connectivity index (χ4v) is 1.81. The van der Waals surface area contributed by atoms with Gasteiger partial charge in [0.05, 0.1) is 11.8 Å². The number of anilines is 1. The molecule has 2 aromatic rings. The molecule has 20 heavy (non-hydrogen) atoms. The second kappa shape index (κ2) is 6.77. The van der Waals surface area contributed by atoms with Crippen LogP contribution in [0.15, 0.2) is 42.7 Å². The van der Waals surface area contributed by atoms with Crippen LogP contribution in [0.3, 0.4) is 0 Å². The monoisotopic (exact) mass is 273 g/mol. The highest BCUT2D eigenvalue weighted by Gasteiger charge is 2.12. The molecule has 0 aliphatic rings. The number of benzene rings is 1. The number of carbonyl (C=O) groups excluding carboxylic acids is 1. The Morgan fingerprint density at radius 2 is 2.10 bits per heavy atom. The topological polar surface area (TPSA) is 54.0 Å². The zero-order chi connectivity index (χ0) is 14.4. The summed E-state index contributed by atoms with van der Waals surface area (Å²) in [6, 6.07) is 8.80. The highest BCUT2D eigenvalue weighted by molar-refractivity contribution is 6.04. The van der Waals surface area contributed by atoms with Gasteiger partial charge in [0.25, 0.3) is 5.91 Å². The highest BCUT2D eigenvalue weighted by Crippen LogP contribution is 2.16. The Morgan fingerprint density at radius 1 is 1.30 bits per heavy atom. The average Bonchev–Trinajstić information content (AvgIpc) is 2.46. The first-order valence-corrected chi connectivity index (χ1v) is 6.42. The molecule has 4 nitrogen and oxygen atoms in total. The van der Waals surface area contributed by atoms with E-state index in [9.17, 15) is 9.18 Å². The predicted molar refractivity (Wildman–Crippen MR) is 76.0 cm³/mol. The minimum atomic E-state index is -0.630. The Bertz CT molecular complexity index is 601. The van der Waals surface area contributed by atoms with Gasteiger partial charge in [-0.1, -0.05) is 25.1 Å². The molecule has 0 aliphatic heterocycles. The molecule has 0 fully saturated rings. The first-order valence-electron chi connectivity index (χ1n) is 6.42. The molecule has 0 unspecified atom stereocenters. The molecule has 104 valence electrons. The number of nitrogens with one attached hydrogen (secondary N) is 2. The molecule has 1 amide bonds. The van der Waals surface area contributed by atoms with Crippen molar-refractivity contribution < 1.29 is 9.18 Å². The molecule has 1 heterocycles. The van der Waals surface area contributed by atoms with E-state index in [2.05, 4.69) is 15.6 Å². The third kappa shape index (κ3) is 3.39. The van der Waals surface area contributed by atoms with Crippen LogP contribution in [0, 0.1) is 5.82 Å². The number of hydrogen-bond acceptors (Lipinski definition) is 3. The van der Waals surface area contributed by atoms with Crippen molar-refractivity contribution in [2.45, 2.75) is 13.5 Å². The number of rotatable bonds is 5. The third-order valence-electron chi connectivity index (χ3n) is 2.85. The largest absolute Gasteiger partial charge is 0.322 e. The summed E-state index contributed by atoms with van der Waals surface area (Å²) in [6.45, 7) is 3.49. The minimum absolute atomic E-state index is 0.0155. The van der Waals surface area contributed by atoms with Crippen LogP contribution in [0.5, 0.6) is 0 Å². The van der Waals surface area contributed by atoms with Gasteiger partial charge in [0.2, 0.25) is 0 Å². The first kappa shape index (κ1) is 14.1. The Kier molecular flexibility index (Phi) is 4.79. The second-order valence-corrected chi connectivity index (χ2v) is 4.25. The molecule has 5 heteroatoms. The Labute approximate surface area is 117 Å². The van der Waals surface area contributed by atoms with Crippen molar-refractivity contribution in [3.8, 4) is 0 Å². The maximum absolute atomic E-state index is 13.5. The number of carbonyl (C=O) groups is 1. The number of aromatic nitrogens is 1. The lowest BCUT2D eigenvalue weighted by Gasteiger charge is -2.11. The number of halogens is 1. The molecular formula is C15H16FN3O. The van der Waals surface area contributed by atoms with Crippen LogP contribution >= 0.6 is 0 Å². The average molecular weight is 273 g/mol. The van der Waals surface area contributed by atoms with Crippen LogP contribution in [0.1, 0.15) is 22.8 Å². The fourth-order valence-electron chi connectivity index (χ4n) is 1.81. The van der Waals surface area contributed by atoms with E-state index in [1.54, 1.807) is 6.07 Å². The van der Waals surface area contributed by atoms with Crippen molar-refractivity contribution in [2.75, 3.05) is 11.9 Å². The molecule has 0 spiro atoms. The number of nitrogens with zero attached hydrogens (tertiary/aromatic N) is 1. The maximum Gasteiger partial charge on any atom is 0.258 e. The number of hydrogen-bond donors (Lipinski definition) is 2. The molecular weight excluding hydrogens is 257 g/mol. The van der Waals surface area contributed by atoms with Crippen LogP contribution < -0.4 is 10.6 Å². The standard InChI is InChI=1S/C15H16FN3O/c1-2-17-9-11-5-3-4-6-14(11)19-15(20)12-7-8-18-10-13(12)16/h3-8,10,17H,2,9H2,1H3,(H,19,20). The van der Waals surface area contributed by atoms with E-state index in [4.69, 9.17) is 0 Å². The van der Waals surface area contributed by atoms with Gasteiger partial charge in [-0.25, -0.2) is 4.39 Å². The third-order valence-corrected chi connectivity index (χ3v) is 2.85. The smallest absolute Gasteiger partial charge is 0.258 e. The molecule has 0 radical (unpaired) electrons. The van der Waals surface area contributed by atoms with Gasteiger partial charge in [0, 0.05) is 18.4 Å². The number of para-hydroxylation sites is 1. The van der Waals surface area contributed by atoms with Crippen LogP contribution in [0.2, 0.25) is 0 Å². The summed E-state index contributed by atoms with van der Waals surface area (Å²) in [7, 11) is 0. The van der Waals surface area contributed by atoms with Gasteiger partial charge in [-0.2, -0.15) is 0 Å². The molecule has 0 saturated heterocycles. The van der Waals surface area contributed by atoms with Gasteiger partial charge in [-0.05, 0) is 24.2 Å². The fraction of sp³-hybridized carbons (Fsp3) is 0.200. The summed E-state index contributed by atoms with van der Waals surface area (Å²) in [4.78, 5) is 15.7. The van der Waals surface area contributed by atoms with Crippen molar-refractivity contribution in [3.05, 3.63) is 59.7 Å². The van der Waals surface area contributed by atoms with E-state index in [1.807, 2.05) is 25.1 Å². The zero-order valence-electron chi connectivity index (χ0n) is 11.2. The normalized spacial score (nSPS) is 10.3. The summed E-state index contributed by atoms with van der Waals surface area (Å²) >= 11 is 0. The van der Waals surface area contributed by atoms with E-state index in [0.717, 1.165) is 18.3 Å². The lowest BCUT2D eigenvalue weighted by Crippen LogP contribution is -2.18. The van der Waals surface area contributed by atoms with Crippen molar-refractivity contribution in [2.24, 2.45) is 0 Å². The summed E-state index contributed by atoms with van der Waals surface area (Å²) < 4.78 is 13.5. The Hall–Kier alpha value is -2.27.